The molecule has 0 saturated carbocycles. The van der Waals surface area contributed by atoms with E-state index >= 15 is 0 Å². The number of ether oxygens (including phenoxy) is 1. The van der Waals surface area contributed by atoms with Crippen LogP contribution in [0.15, 0.2) is 35.8 Å². The maximum absolute atomic E-state index is 11.8. The second kappa shape index (κ2) is 9.24. The van der Waals surface area contributed by atoms with Crippen molar-refractivity contribution in [3.05, 3.63) is 35.8 Å². The Balaban J connectivity index is 1.93. The molecule has 0 bridgehead atoms. The fourth-order valence-corrected chi connectivity index (χ4v) is 2.55. The number of carbonyl (C=O) groups is 3. The largest absolute Gasteiger partial charge is 0.535 e. The van der Waals surface area contributed by atoms with Gasteiger partial charge in [0.25, 0.3) is 0 Å². The fraction of sp³-hybridized carbons (Fsp3) is 0.438. The Labute approximate surface area is 156 Å². The number of nitrogens with one attached hydrogen (secondary N) is 1. The van der Waals surface area contributed by atoms with Crippen LogP contribution in [0.5, 0.6) is 0 Å². The van der Waals surface area contributed by atoms with Crippen molar-refractivity contribution < 1.29 is 33.9 Å². The van der Waals surface area contributed by atoms with Gasteiger partial charge in [-0.05, 0) is 18.3 Å². The molecule has 11 heteroatoms. The van der Waals surface area contributed by atoms with E-state index in [1.807, 2.05) is 0 Å². The molecule has 1 saturated heterocycles. The minimum atomic E-state index is -1.27. The van der Waals surface area contributed by atoms with E-state index in [1.54, 1.807) is 0 Å². The van der Waals surface area contributed by atoms with E-state index in [4.69, 9.17) is 15.1 Å². The molecule has 0 aromatic heterocycles. The number of hydrogen-bond donors (Lipinski definition) is 4. The van der Waals surface area contributed by atoms with Gasteiger partial charge in [-0.15, -0.1) is 0 Å². The molecular weight excluding hydrogens is 357 g/mol. The number of carbonyl (C=O) groups excluding carboxylic acids is 2. The number of nitrogens with zero attached hydrogens (tertiary/aromatic N) is 1. The monoisotopic (exact) mass is 379 g/mol. The zero-order chi connectivity index (χ0) is 20.0. The molecular formula is C16H22BN3O7. The summed E-state index contributed by atoms with van der Waals surface area (Å²) in [7, 11) is -1.09. The number of nitrogens with two attached hydrogens (primary N) is 1. The number of aliphatic carboxylic acids is 1. The smallest absolute Gasteiger partial charge is 0.522 e. The summed E-state index contributed by atoms with van der Waals surface area (Å²) < 4.78 is 10.7. The van der Waals surface area contributed by atoms with Gasteiger partial charge in [0, 0.05) is 0 Å². The van der Waals surface area contributed by atoms with E-state index in [9.17, 15) is 24.5 Å². The van der Waals surface area contributed by atoms with Crippen LogP contribution in [0.2, 0.25) is 6.32 Å². The molecule has 27 heavy (non-hydrogen) atoms. The van der Waals surface area contributed by atoms with Gasteiger partial charge in [-0.1, -0.05) is 12.7 Å². The summed E-state index contributed by atoms with van der Waals surface area (Å²) in [4.78, 5) is 35.9. The average Bonchev–Trinajstić information content (AvgIpc) is 2.60. The molecule has 146 valence electrons. The van der Waals surface area contributed by atoms with Gasteiger partial charge in [0.2, 0.25) is 11.8 Å². The SMILES string of the molecule is C=CC1=C(/C(=C/OC2CN(C(=O)CNC(=O)CN)C2)C(=O)O)OB(O)CC1. The highest BCUT2D eigenvalue weighted by atomic mass is 16.5. The molecule has 0 atom stereocenters. The van der Waals surface area contributed by atoms with Crippen molar-refractivity contribution in [3.8, 4) is 0 Å². The van der Waals surface area contributed by atoms with Gasteiger partial charge < -0.3 is 35.5 Å². The van der Waals surface area contributed by atoms with Gasteiger partial charge in [0.1, 0.15) is 23.7 Å². The van der Waals surface area contributed by atoms with Crippen LogP contribution in [-0.4, -0.2) is 72.2 Å². The maximum Gasteiger partial charge on any atom is 0.522 e. The zero-order valence-electron chi connectivity index (χ0n) is 14.7. The molecule has 0 radical (unpaired) electrons. The van der Waals surface area contributed by atoms with Gasteiger partial charge in [0.05, 0.1) is 26.2 Å². The maximum atomic E-state index is 11.8. The molecule has 5 N–H and O–H groups in total. The molecule has 2 amide bonds. The Morgan fingerprint density at radius 3 is 2.74 bits per heavy atom. The molecule has 10 nitrogen and oxygen atoms in total. The molecule has 2 aliphatic rings. The molecule has 0 unspecified atom stereocenters. The predicted octanol–water partition coefficient (Wildman–Crippen LogP) is -1.40. The van der Waals surface area contributed by atoms with Crippen molar-refractivity contribution in [3.63, 3.8) is 0 Å². The van der Waals surface area contributed by atoms with Crippen molar-refractivity contribution in [1.29, 1.82) is 0 Å². The number of likely N-dealkylation sites (tertiary alicyclic amines) is 1. The van der Waals surface area contributed by atoms with Crippen molar-refractivity contribution >= 4 is 24.9 Å². The highest BCUT2D eigenvalue weighted by Crippen LogP contribution is 2.28. The summed E-state index contributed by atoms with van der Waals surface area (Å²) in [6.07, 6.45) is 2.94. The molecule has 0 aromatic carbocycles. The van der Waals surface area contributed by atoms with Crippen LogP contribution in [-0.2, 0) is 23.8 Å². The molecule has 0 aromatic rings. The van der Waals surface area contributed by atoms with Crippen LogP contribution in [0.3, 0.4) is 0 Å². The third-order valence-corrected chi connectivity index (χ3v) is 4.13. The summed E-state index contributed by atoms with van der Waals surface area (Å²) in [5.41, 5.74) is 5.47. The van der Waals surface area contributed by atoms with E-state index in [2.05, 4.69) is 11.9 Å². The number of carboxylic acids is 1. The van der Waals surface area contributed by atoms with E-state index in [1.165, 1.54) is 11.0 Å². The van der Waals surface area contributed by atoms with Gasteiger partial charge in [-0.3, -0.25) is 9.59 Å². The minimum absolute atomic E-state index is 0.0213. The Morgan fingerprint density at radius 1 is 1.44 bits per heavy atom. The second-order valence-electron chi connectivity index (χ2n) is 6.04. The van der Waals surface area contributed by atoms with E-state index in [0.717, 1.165) is 6.26 Å². The predicted molar refractivity (Wildman–Crippen MR) is 94.9 cm³/mol. The molecule has 0 spiro atoms. The van der Waals surface area contributed by atoms with Gasteiger partial charge in [-0.2, -0.15) is 0 Å². The summed E-state index contributed by atoms with van der Waals surface area (Å²) in [6.45, 7) is 3.80. The molecule has 2 heterocycles. The number of amides is 2. The first kappa shape index (κ1) is 20.5. The topological polar surface area (TPSA) is 151 Å². The van der Waals surface area contributed by atoms with Crippen LogP contribution >= 0.6 is 0 Å². The Morgan fingerprint density at radius 2 is 2.15 bits per heavy atom. The lowest BCUT2D eigenvalue weighted by Crippen LogP contribution is -2.56. The van der Waals surface area contributed by atoms with E-state index < -0.39 is 19.0 Å². The van der Waals surface area contributed by atoms with Crippen molar-refractivity contribution in [1.82, 2.24) is 10.2 Å². The number of allylic oxidation sites excluding steroid dienone is 2. The standard InChI is InChI=1S/C16H22BN3O7/c1-2-10-3-4-17(25)27-15(10)12(16(23)24)9-26-11-7-20(8-11)14(22)6-19-13(21)5-18/h2,9,11,25H,1,3-8,18H2,(H,19,21)(H,23,24)/b12-9-. The number of rotatable bonds is 8. The third-order valence-electron chi connectivity index (χ3n) is 4.13. The average molecular weight is 379 g/mol. The molecule has 0 aliphatic carbocycles. The van der Waals surface area contributed by atoms with Crippen LogP contribution in [0.4, 0.5) is 0 Å². The van der Waals surface area contributed by atoms with E-state index in [0.29, 0.717) is 18.3 Å². The van der Waals surface area contributed by atoms with E-state index in [-0.39, 0.29) is 49.5 Å². The fourth-order valence-electron chi connectivity index (χ4n) is 2.55. The number of hydrogen-bond acceptors (Lipinski definition) is 7. The third kappa shape index (κ3) is 5.34. The summed E-state index contributed by atoms with van der Waals surface area (Å²) >= 11 is 0. The molecule has 2 aliphatic heterocycles. The summed E-state index contributed by atoms with van der Waals surface area (Å²) in [5, 5.41) is 21.4. The Bertz CT molecular complexity index is 686. The highest BCUT2D eigenvalue weighted by molar-refractivity contribution is 6.43. The molecule has 2 rings (SSSR count). The van der Waals surface area contributed by atoms with Crippen LogP contribution in [0.1, 0.15) is 6.42 Å². The first-order chi connectivity index (χ1) is 12.8. The molecule has 1 fully saturated rings. The second-order valence-corrected chi connectivity index (χ2v) is 6.04. The lowest BCUT2D eigenvalue weighted by atomic mass is 9.78. The first-order valence-electron chi connectivity index (χ1n) is 8.39. The lowest BCUT2D eigenvalue weighted by molar-refractivity contribution is -0.142. The lowest BCUT2D eigenvalue weighted by Gasteiger charge is -2.38. The van der Waals surface area contributed by atoms with Crippen molar-refractivity contribution in [2.24, 2.45) is 5.73 Å². The van der Waals surface area contributed by atoms with Gasteiger partial charge in [-0.25, -0.2) is 4.79 Å². The van der Waals surface area contributed by atoms with Crippen LogP contribution < -0.4 is 11.1 Å². The quantitative estimate of drug-likeness (QED) is 0.228. The zero-order valence-corrected chi connectivity index (χ0v) is 14.7. The normalized spacial score (nSPS) is 17.8. The number of carboxylic acid groups (broad SMARTS) is 1. The highest BCUT2D eigenvalue weighted by Gasteiger charge is 2.33. The van der Waals surface area contributed by atoms with Gasteiger partial charge >= 0.3 is 13.1 Å². The summed E-state index contributed by atoms with van der Waals surface area (Å²) in [6, 6.07) is 0. The Kier molecular flexibility index (Phi) is 7.02. The van der Waals surface area contributed by atoms with Crippen molar-refractivity contribution in [2.45, 2.75) is 18.8 Å². The van der Waals surface area contributed by atoms with Gasteiger partial charge in [0.15, 0.2) is 0 Å². The first-order valence-corrected chi connectivity index (χ1v) is 8.39. The summed E-state index contributed by atoms with van der Waals surface area (Å²) in [5.74, 6) is -1.95. The van der Waals surface area contributed by atoms with Crippen LogP contribution in [0, 0.1) is 0 Å². The van der Waals surface area contributed by atoms with Crippen LogP contribution in [0.25, 0.3) is 0 Å². The minimum Gasteiger partial charge on any atom is -0.535 e. The van der Waals surface area contributed by atoms with Crippen molar-refractivity contribution in [2.75, 3.05) is 26.2 Å². The Hall–Kier alpha value is -2.79.